The third-order valence-corrected chi connectivity index (χ3v) is 3.26. The third kappa shape index (κ3) is 2.06. The Labute approximate surface area is 112 Å². The standard InChI is InChI=1S/C14H17N3O2/c1-9-4-13-14(19-8-18-13)5-10(9)11-7-17(3)16-12(11)6-15-2/h4-5,7,15H,6,8H2,1-3H3. The van der Waals surface area contributed by atoms with Crippen molar-refractivity contribution in [3.8, 4) is 22.6 Å². The molecule has 100 valence electrons. The van der Waals surface area contributed by atoms with Crippen LogP contribution in [-0.4, -0.2) is 23.6 Å². The molecule has 1 aromatic carbocycles. The molecular formula is C14H17N3O2. The van der Waals surface area contributed by atoms with E-state index in [9.17, 15) is 0 Å². The van der Waals surface area contributed by atoms with E-state index < -0.39 is 0 Å². The molecule has 0 spiro atoms. The van der Waals surface area contributed by atoms with Gasteiger partial charge in [0.2, 0.25) is 6.79 Å². The van der Waals surface area contributed by atoms with Gasteiger partial charge in [-0.15, -0.1) is 0 Å². The van der Waals surface area contributed by atoms with Crippen molar-refractivity contribution in [2.75, 3.05) is 13.8 Å². The molecule has 2 heterocycles. The smallest absolute Gasteiger partial charge is 0.231 e. The number of hydrogen-bond donors (Lipinski definition) is 1. The van der Waals surface area contributed by atoms with E-state index in [-0.39, 0.29) is 0 Å². The summed E-state index contributed by atoms with van der Waals surface area (Å²) in [7, 11) is 3.86. The molecule has 1 aromatic heterocycles. The molecule has 0 amide bonds. The first-order chi connectivity index (χ1) is 9.19. The lowest BCUT2D eigenvalue weighted by Gasteiger charge is -2.07. The number of rotatable bonds is 3. The quantitative estimate of drug-likeness (QED) is 0.913. The second-order valence-electron chi connectivity index (χ2n) is 4.71. The predicted octanol–water partition coefficient (Wildman–Crippen LogP) is 1.84. The normalized spacial score (nSPS) is 13.0. The van der Waals surface area contributed by atoms with Gasteiger partial charge in [-0.25, -0.2) is 0 Å². The molecule has 0 radical (unpaired) electrons. The Morgan fingerprint density at radius 3 is 2.74 bits per heavy atom. The summed E-state index contributed by atoms with van der Waals surface area (Å²) in [6, 6.07) is 4.06. The van der Waals surface area contributed by atoms with E-state index in [1.807, 2.05) is 37.1 Å². The molecule has 2 aromatic rings. The van der Waals surface area contributed by atoms with Crippen LogP contribution in [0.3, 0.4) is 0 Å². The fourth-order valence-corrected chi connectivity index (χ4v) is 2.39. The Morgan fingerprint density at radius 2 is 2.00 bits per heavy atom. The Kier molecular flexibility index (Phi) is 2.91. The summed E-state index contributed by atoms with van der Waals surface area (Å²) in [5.74, 6) is 1.63. The van der Waals surface area contributed by atoms with Crippen LogP contribution in [-0.2, 0) is 13.6 Å². The van der Waals surface area contributed by atoms with Gasteiger partial charge < -0.3 is 14.8 Å². The average Bonchev–Trinajstić information content (AvgIpc) is 2.95. The molecule has 1 aliphatic rings. The van der Waals surface area contributed by atoms with E-state index in [0.717, 1.165) is 40.4 Å². The zero-order valence-corrected chi connectivity index (χ0v) is 11.4. The Hall–Kier alpha value is -2.01. The van der Waals surface area contributed by atoms with Crippen LogP contribution in [0.4, 0.5) is 0 Å². The van der Waals surface area contributed by atoms with Crippen LogP contribution >= 0.6 is 0 Å². The van der Waals surface area contributed by atoms with E-state index in [4.69, 9.17) is 9.47 Å². The molecule has 5 heteroatoms. The fraction of sp³-hybridized carbons (Fsp3) is 0.357. The average molecular weight is 259 g/mol. The van der Waals surface area contributed by atoms with Crippen LogP contribution in [0.15, 0.2) is 18.3 Å². The highest BCUT2D eigenvalue weighted by molar-refractivity contribution is 5.72. The molecule has 0 saturated heterocycles. The highest BCUT2D eigenvalue weighted by Crippen LogP contribution is 2.39. The Morgan fingerprint density at radius 1 is 1.26 bits per heavy atom. The van der Waals surface area contributed by atoms with Gasteiger partial charge in [0, 0.05) is 25.4 Å². The van der Waals surface area contributed by atoms with Gasteiger partial charge in [-0.3, -0.25) is 4.68 Å². The summed E-state index contributed by atoms with van der Waals surface area (Å²) in [5, 5.41) is 7.64. The number of aromatic nitrogens is 2. The first-order valence-corrected chi connectivity index (χ1v) is 6.27. The molecule has 0 fully saturated rings. The first-order valence-electron chi connectivity index (χ1n) is 6.27. The minimum atomic E-state index is 0.300. The summed E-state index contributed by atoms with van der Waals surface area (Å²) >= 11 is 0. The topological polar surface area (TPSA) is 48.3 Å². The van der Waals surface area contributed by atoms with Crippen molar-refractivity contribution < 1.29 is 9.47 Å². The highest BCUT2D eigenvalue weighted by Gasteiger charge is 2.19. The van der Waals surface area contributed by atoms with Crippen molar-refractivity contribution in [1.82, 2.24) is 15.1 Å². The van der Waals surface area contributed by atoms with E-state index in [1.165, 1.54) is 0 Å². The van der Waals surface area contributed by atoms with E-state index in [2.05, 4.69) is 17.3 Å². The molecule has 0 saturated carbocycles. The van der Waals surface area contributed by atoms with Crippen LogP contribution in [0.1, 0.15) is 11.3 Å². The van der Waals surface area contributed by atoms with Crippen molar-refractivity contribution in [3.05, 3.63) is 29.6 Å². The van der Waals surface area contributed by atoms with Crippen LogP contribution < -0.4 is 14.8 Å². The summed E-state index contributed by atoms with van der Waals surface area (Å²) in [6.07, 6.45) is 2.04. The first kappa shape index (κ1) is 12.0. The zero-order valence-electron chi connectivity index (χ0n) is 11.4. The van der Waals surface area contributed by atoms with Gasteiger partial charge in [-0.1, -0.05) is 0 Å². The van der Waals surface area contributed by atoms with Gasteiger partial charge in [0.1, 0.15) is 0 Å². The second kappa shape index (κ2) is 4.59. The van der Waals surface area contributed by atoms with Gasteiger partial charge >= 0.3 is 0 Å². The molecule has 0 bridgehead atoms. The number of aryl methyl sites for hydroxylation is 2. The fourth-order valence-electron chi connectivity index (χ4n) is 2.39. The van der Waals surface area contributed by atoms with Crippen LogP contribution in [0, 0.1) is 6.92 Å². The molecule has 5 nitrogen and oxygen atoms in total. The molecule has 19 heavy (non-hydrogen) atoms. The summed E-state index contributed by atoms with van der Waals surface area (Å²) in [6.45, 7) is 3.12. The summed E-state index contributed by atoms with van der Waals surface area (Å²) < 4.78 is 12.7. The molecule has 1 aliphatic heterocycles. The van der Waals surface area contributed by atoms with Crippen molar-refractivity contribution in [1.29, 1.82) is 0 Å². The van der Waals surface area contributed by atoms with Gasteiger partial charge in [-0.2, -0.15) is 5.10 Å². The second-order valence-corrected chi connectivity index (χ2v) is 4.71. The summed E-state index contributed by atoms with van der Waals surface area (Å²) in [4.78, 5) is 0. The monoisotopic (exact) mass is 259 g/mol. The molecule has 0 atom stereocenters. The predicted molar refractivity (Wildman–Crippen MR) is 72.3 cm³/mol. The lowest BCUT2D eigenvalue weighted by atomic mass is 10.00. The molecule has 0 aliphatic carbocycles. The van der Waals surface area contributed by atoms with E-state index in [0.29, 0.717) is 6.79 Å². The highest BCUT2D eigenvalue weighted by atomic mass is 16.7. The SMILES string of the molecule is CNCc1nn(C)cc1-c1cc2c(cc1C)OCO2. The molecule has 0 unspecified atom stereocenters. The largest absolute Gasteiger partial charge is 0.454 e. The minimum absolute atomic E-state index is 0.300. The zero-order chi connectivity index (χ0) is 13.4. The van der Waals surface area contributed by atoms with Crippen molar-refractivity contribution in [3.63, 3.8) is 0 Å². The Balaban J connectivity index is 2.11. The number of nitrogens with one attached hydrogen (secondary N) is 1. The molecule has 3 rings (SSSR count). The third-order valence-electron chi connectivity index (χ3n) is 3.26. The van der Waals surface area contributed by atoms with Crippen LogP contribution in [0.25, 0.3) is 11.1 Å². The maximum atomic E-state index is 5.46. The number of fused-ring (bicyclic) bond motifs is 1. The number of ether oxygens (including phenoxy) is 2. The van der Waals surface area contributed by atoms with Crippen molar-refractivity contribution in [2.24, 2.45) is 7.05 Å². The van der Waals surface area contributed by atoms with E-state index >= 15 is 0 Å². The van der Waals surface area contributed by atoms with Crippen LogP contribution in [0.5, 0.6) is 11.5 Å². The summed E-state index contributed by atoms with van der Waals surface area (Å²) in [5.41, 5.74) is 4.47. The van der Waals surface area contributed by atoms with Gasteiger partial charge in [-0.05, 0) is 37.2 Å². The van der Waals surface area contributed by atoms with Crippen LogP contribution in [0.2, 0.25) is 0 Å². The molecule has 1 N–H and O–H groups in total. The maximum Gasteiger partial charge on any atom is 0.231 e. The van der Waals surface area contributed by atoms with E-state index in [1.54, 1.807) is 0 Å². The number of nitrogens with zero attached hydrogens (tertiary/aromatic N) is 2. The van der Waals surface area contributed by atoms with Gasteiger partial charge in [0.15, 0.2) is 11.5 Å². The molecular weight excluding hydrogens is 242 g/mol. The lowest BCUT2D eigenvalue weighted by Crippen LogP contribution is -2.07. The lowest BCUT2D eigenvalue weighted by molar-refractivity contribution is 0.174. The van der Waals surface area contributed by atoms with Crippen molar-refractivity contribution >= 4 is 0 Å². The van der Waals surface area contributed by atoms with Gasteiger partial charge in [0.25, 0.3) is 0 Å². The number of benzene rings is 1. The maximum absolute atomic E-state index is 5.46. The number of hydrogen-bond acceptors (Lipinski definition) is 4. The van der Waals surface area contributed by atoms with Crippen molar-refractivity contribution in [2.45, 2.75) is 13.5 Å². The minimum Gasteiger partial charge on any atom is -0.454 e. The van der Waals surface area contributed by atoms with Gasteiger partial charge in [0.05, 0.1) is 5.69 Å². The Bertz CT molecular complexity index is 619.